The van der Waals surface area contributed by atoms with Crippen molar-refractivity contribution in [2.75, 3.05) is 49.6 Å². The molecule has 4 rings (SSSR count). The third-order valence-corrected chi connectivity index (χ3v) is 5.30. The molecule has 2 aromatic rings. The zero-order chi connectivity index (χ0) is 22.7. The highest BCUT2D eigenvalue weighted by Gasteiger charge is 2.36. The van der Waals surface area contributed by atoms with Crippen LogP contribution in [0.4, 0.5) is 24.5 Å². The highest BCUT2D eigenvalue weighted by molar-refractivity contribution is 5.95. The molecule has 1 atom stereocenters. The first-order valence-corrected chi connectivity index (χ1v) is 10.2. The van der Waals surface area contributed by atoms with E-state index in [1.165, 1.54) is 18.2 Å². The lowest BCUT2D eigenvalue weighted by atomic mass is 10.1. The van der Waals surface area contributed by atoms with Gasteiger partial charge in [-0.1, -0.05) is 24.3 Å². The van der Waals surface area contributed by atoms with E-state index in [1.807, 2.05) is 0 Å². The second-order valence-corrected chi connectivity index (χ2v) is 7.48. The van der Waals surface area contributed by atoms with Gasteiger partial charge in [0.2, 0.25) is 5.91 Å². The number of amides is 2. The number of hydrogen-bond donors (Lipinski definition) is 1. The van der Waals surface area contributed by atoms with Crippen molar-refractivity contribution in [3.8, 4) is 5.75 Å². The van der Waals surface area contributed by atoms with Gasteiger partial charge in [0.25, 0.3) is 5.91 Å². The molecule has 0 saturated carbocycles. The van der Waals surface area contributed by atoms with Crippen LogP contribution < -0.4 is 15.0 Å². The van der Waals surface area contributed by atoms with Gasteiger partial charge in [0.1, 0.15) is 5.75 Å². The number of carbonyl (C=O) groups is 2. The fourth-order valence-electron chi connectivity index (χ4n) is 3.78. The van der Waals surface area contributed by atoms with Crippen molar-refractivity contribution in [3.05, 3.63) is 54.1 Å². The Labute approximate surface area is 182 Å². The Hall–Kier alpha value is -3.27. The summed E-state index contributed by atoms with van der Waals surface area (Å²) in [6.07, 6.45) is -5.43. The molecule has 170 valence electrons. The van der Waals surface area contributed by atoms with E-state index in [-0.39, 0.29) is 24.7 Å². The molecule has 1 saturated heterocycles. The number of nitrogens with one attached hydrogen (secondary N) is 1. The zero-order valence-corrected chi connectivity index (χ0v) is 17.1. The molecule has 0 spiro atoms. The molecule has 2 aliphatic heterocycles. The predicted octanol–water partition coefficient (Wildman–Crippen LogP) is 2.77. The number of morpholine rings is 1. The van der Waals surface area contributed by atoms with E-state index in [2.05, 4.69) is 5.32 Å². The Balaban J connectivity index is 1.51. The van der Waals surface area contributed by atoms with Gasteiger partial charge in [-0.25, -0.2) is 0 Å². The summed E-state index contributed by atoms with van der Waals surface area (Å²) in [4.78, 5) is 28.9. The van der Waals surface area contributed by atoms with Gasteiger partial charge in [-0.3, -0.25) is 9.59 Å². The summed E-state index contributed by atoms with van der Waals surface area (Å²) in [7, 11) is 0. The van der Waals surface area contributed by atoms with Crippen LogP contribution in [0.1, 0.15) is 5.56 Å². The van der Waals surface area contributed by atoms with Crippen LogP contribution in [-0.4, -0.2) is 62.2 Å². The van der Waals surface area contributed by atoms with E-state index >= 15 is 0 Å². The zero-order valence-electron chi connectivity index (χ0n) is 17.1. The van der Waals surface area contributed by atoms with Gasteiger partial charge in [0.05, 0.1) is 43.2 Å². The first-order valence-electron chi connectivity index (χ1n) is 10.2. The second kappa shape index (κ2) is 9.07. The number of nitrogens with zero attached hydrogens (tertiary/aromatic N) is 2. The molecule has 32 heavy (non-hydrogen) atoms. The molecule has 0 aliphatic carbocycles. The van der Waals surface area contributed by atoms with E-state index < -0.39 is 23.8 Å². The van der Waals surface area contributed by atoms with Crippen molar-refractivity contribution in [1.82, 2.24) is 4.90 Å². The number of hydrogen-bond acceptors (Lipinski definition) is 5. The minimum Gasteiger partial charge on any atom is -0.477 e. The topological polar surface area (TPSA) is 71.1 Å². The monoisotopic (exact) mass is 449 g/mol. The number of benzene rings is 2. The highest BCUT2D eigenvalue weighted by atomic mass is 19.4. The van der Waals surface area contributed by atoms with Crippen molar-refractivity contribution in [1.29, 1.82) is 0 Å². The summed E-state index contributed by atoms with van der Waals surface area (Å²) in [5.74, 6) is -0.402. The fourth-order valence-corrected chi connectivity index (χ4v) is 3.78. The lowest BCUT2D eigenvalue weighted by molar-refractivity contribution is -0.142. The van der Waals surface area contributed by atoms with Crippen LogP contribution in [0.15, 0.2) is 48.5 Å². The summed E-state index contributed by atoms with van der Waals surface area (Å²) >= 11 is 0. The smallest absolute Gasteiger partial charge is 0.418 e. The Bertz CT molecular complexity index is 992. The fraction of sp³-hybridized carbons (Fsp3) is 0.364. The molecular weight excluding hydrogens is 427 g/mol. The lowest BCUT2D eigenvalue weighted by Crippen LogP contribution is -2.53. The molecule has 1 fully saturated rings. The molecule has 2 aromatic carbocycles. The Morgan fingerprint density at radius 1 is 1.03 bits per heavy atom. The SMILES string of the molecule is O=C(CN1C[C@H](C(=O)N2CCOCC2)Oc2ccccc21)Nc1ccccc1C(F)(F)F. The Kier molecular flexibility index (Phi) is 6.22. The minimum absolute atomic E-state index is 0.0988. The van der Waals surface area contributed by atoms with Gasteiger partial charge < -0.3 is 24.6 Å². The summed E-state index contributed by atoms with van der Waals surface area (Å²) in [5.41, 5.74) is -0.638. The Morgan fingerprint density at radius 2 is 1.72 bits per heavy atom. The van der Waals surface area contributed by atoms with Crippen molar-refractivity contribution >= 4 is 23.2 Å². The van der Waals surface area contributed by atoms with E-state index in [1.54, 1.807) is 34.1 Å². The quantitative estimate of drug-likeness (QED) is 0.778. The third-order valence-electron chi connectivity index (χ3n) is 5.30. The maximum Gasteiger partial charge on any atom is 0.418 e. The number of ether oxygens (including phenoxy) is 2. The number of anilines is 2. The summed E-state index contributed by atoms with van der Waals surface area (Å²) in [6, 6.07) is 11.7. The Morgan fingerprint density at radius 3 is 2.47 bits per heavy atom. The molecule has 1 N–H and O–H groups in total. The van der Waals surface area contributed by atoms with Gasteiger partial charge in [0.15, 0.2) is 6.10 Å². The van der Waals surface area contributed by atoms with E-state index in [0.29, 0.717) is 37.7 Å². The molecule has 0 bridgehead atoms. The normalized spacial score (nSPS) is 18.5. The molecule has 0 unspecified atom stereocenters. The van der Waals surface area contributed by atoms with Crippen LogP contribution in [0.2, 0.25) is 0 Å². The van der Waals surface area contributed by atoms with Crippen LogP contribution in [0.5, 0.6) is 5.75 Å². The lowest BCUT2D eigenvalue weighted by Gasteiger charge is -2.38. The van der Waals surface area contributed by atoms with E-state index in [9.17, 15) is 22.8 Å². The van der Waals surface area contributed by atoms with E-state index in [4.69, 9.17) is 9.47 Å². The van der Waals surface area contributed by atoms with Crippen molar-refractivity contribution in [2.24, 2.45) is 0 Å². The summed E-state index contributed by atoms with van der Waals surface area (Å²) in [6.45, 7) is 1.66. The molecule has 0 aromatic heterocycles. The van der Waals surface area contributed by atoms with Crippen LogP contribution in [-0.2, 0) is 20.5 Å². The number of halogens is 3. The van der Waals surface area contributed by atoms with Gasteiger partial charge in [-0.2, -0.15) is 13.2 Å². The maximum atomic E-state index is 13.2. The van der Waals surface area contributed by atoms with Crippen molar-refractivity contribution in [2.45, 2.75) is 12.3 Å². The van der Waals surface area contributed by atoms with Crippen molar-refractivity contribution < 1.29 is 32.2 Å². The number of para-hydroxylation sites is 3. The van der Waals surface area contributed by atoms with Crippen LogP contribution in [0.25, 0.3) is 0 Å². The molecule has 2 aliphatic rings. The number of alkyl halides is 3. The van der Waals surface area contributed by atoms with Gasteiger partial charge >= 0.3 is 6.18 Å². The first-order chi connectivity index (χ1) is 15.3. The summed E-state index contributed by atoms with van der Waals surface area (Å²) in [5, 5.41) is 2.35. The minimum atomic E-state index is -4.59. The van der Waals surface area contributed by atoms with E-state index in [0.717, 1.165) is 6.07 Å². The summed E-state index contributed by atoms with van der Waals surface area (Å²) < 4.78 is 50.9. The average Bonchev–Trinajstić information content (AvgIpc) is 2.78. The van der Waals surface area contributed by atoms with Crippen LogP contribution in [0, 0.1) is 0 Å². The molecular formula is C22H22F3N3O4. The molecule has 2 amide bonds. The average molecular weight is 449 g/mol. The van der Waals surface area contributed by atoms with Gasteiger partial charge in [-0.05, 0) is 24.3 Å². The second-order valence-electron chi connectivity index (χ2n) is 7.48. The molecule has 10 heteroatoms. The van der Waals surface area contributed by atoms with Crippen LogP contribution >= 0.6 is 0 Å². The first kappa shape index (κ1) is 21.9. The van der Waals surface area contributed by atoms with Gasteiger partial charge in [0, 0.05) is 13.1 Å². The predicted molar refractivity (Wildman–Crippen MR) is 111 cm³/mol. The molecule has 7 nitrogen and oxygen atoms in total. The molecule has 2 heterocycles. The third kappa shape index (κ3) is 4.80. The highest BCUT2D eigenvalue weighted by Crippen LogP contribution is 2.35. The maximum absolute atomic E-state index is 13.2. The number of rotatable bonds is 4. The van der Waals surface area contributed by atoms with Gasteiger partial charge in [-0.15, -0.1) is 0 Å². The standard InChI is InChI=1S/C22H22F3N3O4/c23-22(24,25)15-5-1-2-6-16(15)26-20(29)14-28-13-19(21(30)27-9-11-31-12-10-27)32-18-8-4-3-7-17(18)28/h1-8,19H,9-14H2,(H,26,29)/t19-/m1/s1. The molecule has 0 radical (unpaired) electrons. The van der Waals surface area contributed by atoms with Crippen LogP contribution in [0.3, 0.4) is 0 Å². The number of fused-ring (bicyclic) bond motifs is 1. The van der Waals surface area contributed by atoms with Crippen molar-refractivity contribution in [3.63, 3.8) is 0 Å². The number of carbonyl (C=O) groups excluding carboxylic acids is 2. The largest absolute Gasteiger partial charge is 0.477 e.